The van der Waals surface area contributed by atoms with E-state index in [1.165, 1.54) is 3.57 Å². The van der Waals surface area contributed by atoms with Gasteiger partial charge in [0.15, 0.2) is 0 Å². The molecular formula is C9H9IN2. The van der Waals surface area contributed by atoms with Crippen LogP contribution in [0.5, 0.6) is 0 Å². The lowest BCUT2D eigenvalue weighted by molar-refractivity contribution is 1.31. The van der Waals surface area contributed by atoms with Crippen molar-refractivity contribution in [2.45, 2.75) is 0 Å². The summed E-state index contributed by atoms with van der Waals surface area (Å²) in [4.78, 5) is 6.74. The molecule has 0 saturated carbocycles. The molecule has 0 saturated heterocycles. The molecule has 0 fully saturated rings. The van der Waals surface area contributed by atoms with Crippen molar-refractivity contribution in [3.8, 4) is 0 Å². The Morgan fingerprint density at radius 3 is 2.17 bits per heavy atom. The third-order valence-electron chi connectivity index (χ3n) is 1.12. The summed E-state index contributed by atoms with van der Waals surface area (Å²) >= 11 is 2.22. The average Bonchev–Trinajstić information content (AvgIpc) is 2.62. The summed E-state index contributed by atoms with van der Waals surface area (Å²) in [5.41, 5.74) is 0. The second-order valence-corrected chi connectivity index (χ2v) is 3.30. The molecule has 0 unspecified atom stereocenters. The van der Waals surface area contributed by atoms with Crippen LogP contribution in [0.2, 0.25) is 0 Å². The minimum Gasteiger partial charge on any atom is -0.368 e. The van der Waals surface area contributed by atoms with E-state index < -0.39 is 0 Å². The molecule has 0 aliphatic rings. The summed E-state index contributed by atoms with van der Waals surface area (Å²) in [5.74, 6) is 0. The Labute approximate surface area is 85.2 Å². The van der Waals surface area contributed by atoms with Gasteiger partial charge in [0.25, 0.3) is 0 Å². The van der Waals surface area contributed by atoms with E-state index in [0.717, 1.165) is 0 Å². The number of aromatic nitrogens is 2. The summed E-state index contributed by atoms with van der Waals surface area (Å²) in [6.45, 7) is 0. The van der Waals surface area contributed by atoms with E-state index >= 15 is 0 Å². The third kappa shape index (κ3) is 4.12. The predicted molar refractivity (Wildman–Crippen MR) is 57.7 cm³/mol. The average molecular weight is 272 g/mol. The number of pyridine rings is 1. The van der Waals surface area contributed by atoms with Gasteiger partial charge in [0.05, 0.1) is 0 Å². The van der Waals surface area contributed by atoms with Crippen molar-refractivity contribution >= 4 is 22.6 Å². The molecule has 2 rings (SSSR count). The predicted octanol–water partition coefficient (Wildman–Crippen LogP) is 2.70. The highest BCUT2D eigenvalue weighted by Gasteiger charge is 1.75. The number of hydrogen-bond donors (Lipinski definition) is 1. The maximum atomic E-state index is 3.88. The van der Waals surface area contributed by atoms with Gasteiger partial charge in [-0.05, 0) is 46.9 Å². The van der Waals surface area contributed by atoms with Crippen molar-refractivity contribution in [3.05, 3.63) is 52.6 Å². The van der Waals surface area contributed by atoms with Gasteiger partial charge in [-0.15, -0.1) is 0 Å². The summed E-state index contributed by atoms with van der Waals surface area (Å²) in [7, 11) is 0. The molecule has 0 radical (unpaired) electrons. The Morgan fingerprint density at radius 1 is 1.17 bits per heavy atom. The Balaban J connectivity index is 0.000000127. The molecule has 2 nitrogen and oxygen atoms in total. The van der Waals surface area contributed by atoms with Crippen molar-refractivity contribution in [3.63, 3.8) is 0 Å². The van der Waals surface area contributed by atoms with Crippen LogP contribution in [0.4, 0.5) is 0 Å². The lowest BCUT2D eigenvalue weighted by Crippen LogP contribution is -1.68. The first-order valence-electron chi connectivity index (χ1n) is 3.53. The summed E-state index contributed by atoms with van der Waals surface area (Å²) in [5, 5.41) is 0. The fourth-order valence-corrected chi connectivity index (χ4v) is 0.988. The van der Waals surface area contributed by atoms with E-state index in [9.17, 15) is 0 Å². The number of aromatic amines is 1. The van der Waals surface area contributed by atoms with Gasteiger partial charge in [-0.25, -0.2) is 0 Å². The molecule has 0 aromatic carbocycles. The summed E-state index contributed by atoms with van der Waals surface area (Å²) in [6, 6.07) is 7.81. The molecule has 2 heterocycles. The maximum Gasteiger partial charge on any atom is 0.0401 e. The molecule has 0 bridgehead atoms. The van der Waals surface area contributed by atoms with Crippen LogP contribution in [-0.2, 0) is 0 Å². The Bertz CT molecular complexity index is 261. The van der Waals surface area contributed by atoms with E-state index in [0.29, 0.717) is 0 Å². The molecule has 12 heavy (non-hydrogen) atoms. The van der Waals surface area contributed by atoms with E-state index in [-0.39, 0.29) is 0 Å². The molecule has 0 spiro atoms. The quantitative estimate of drug-likeness (QED) is 0.734. The van der Waals surface area contributed by atoms with Crippen molar-refractivity contribution in [2.24, 2.45) is 0 Å². The molecule has 0 aliphatic heterocycles. The Hall–Kier alpha value is -0.840. The van der Waals surface area contributed by atoms with Gasteiger partial charge in [0.1, 0.15) is 0 Å². The zero-order valence-electron chi connectivity index (χ0n) is 6.44. The fourth-order valence-electron chi connectivity index (χ4n) is 0.620. The van der Waals surface area contributed by atoms with Crippen LogP contribution in [0.15, 0.2) is 49.1 Å². The second-order valence-electron chi connectivity index (χ2n) is 2.06. The molecule has 0 aliphatic carbocycles. The second kappa shape index (κ2) is 5.77. The molecule has 2 aromatic heterocycles. The van der Waals surface area contributed by atoms with E-state index in [1.807, 2.05) is 42.9 Å². The third-order valence-corrected chi connectivity index (χ3v) is 1.76. The number of hydrogen-bond acceptors (Lipinski definition) is 1. The van der Waals surface area contributed by atoms with Gasteiger partial charge in [0.2, 0.25) is 0 Å². The molecule has 62 valence electrons. The zero-order valence-corrected chi connectivity index (χ0v) is 8.60. The number of nitrogens with zero attached hydrogens (tertiary/aromatic N) is 1. The lowest BCUT2D eigenvalue weighted by atomic mass is 10.5. The number of H-pyrrole nitrogens is 1. The smallest absolute Gasteiger partial charge is 0.0401 e. The highest BCUT2D eigenvalue weighted by Crippen LogP contribution is 1.97. The number of nitrogens with one attached hydrogen (secondary N) is 1. The molecule has 3 heteroatoms. The first-order chi connectivity index (χ1) is 5.89. The molecular weight excluding hydrogens is 263 g/mol. The number of halogens is 1. The summed E-state index contributed by atoms with van der Waals surface area (Å²) in [6.07, 6.45) is 7.34. The molecule has 1 N–H and O–H groups in total. The largest absolute Gasteiger partial charge is 0.368 e. The standard InChI is InChI=1S/C5H4IN.C4H5N/c6-5-2-1-3-7-4-5;1-2-4-5-3-1/h1-4H;1-5H. The van der Waals surface area contributed by atoms with Crippen LogP contribution in [0.1, 0.15) is 0 Å². The first kappa shape index (κ1) is 9.25. The van der Waals surface area contributed by atoms with Crippen molar-refractivity contribution in [1.82, 2.24) is 9.97 Å². The van der Waals surface area contributed by atoms with Gasteiger partial charge >= 0.3 is 0 Å². The monoisotopic (exact) mass is 272 g/mol. The van der Waals surface area contributed by atoms with Crippen LogP contribution >= 0.6 is 22.6 Å². The fraction of sp³-hybridized carbons (Fsp3) is 0. The van der Waals surface area contributed by atoms with Crippen LogP contribution in [-0.4, -0.2) is 9.97 Å². The minimum atomic E-state index is 1.18. The Morgan fingerprint density at radius 2 is 1.92 bits per heavy atom. The van der Waals surface area contributed by atoms with E-state index in [2.05, 4.69) is 32.6 Å². The van der Waals surface area contributed by atoms with Crippen molar-refractivity contribution in [1.29, 1.82) is 0 Å². The van der Waals surface area contributed by atoms with Crippen molar-refractivity contribution < 1.29 is 0 Å². The molecule has 0 amide bonds. The Kier molecular flexibility index (Phi) is 4.44. The topological polar surface area (TPSA) is 28.7 Å². The van der Waals surface area contributed by atoms with Gasteiger partial charge in [0, 0.05) is 28.4 Å². The van der Waals surface area contributed by atoms with Gasteiger partial charge in [-0.2, -0.15) is 0 Å². The van der Waals surface area contributed by atoms with Gasteiger partial charge < -0.3 is 4.98 Å². The highest BCUT2D eigenvalue weighted by atomic mass is 127. The molecule has 2 aromatic rings. The van der Waals surface area contributed by atoms with Crippen LogP contribution in [0, 0.1) is 3.57 Å². The van der Waals surface area contributed by atoms with Gasteiger partial charge in [-0.1, -0.05) is 0 Å². The van der Waals surface area contributed by atoms with Gasteiger partial charge in [-0.3, -0.25) is 4.98 Å². The number of rotatable bonds is 0. The van der Waals surface area contributed by atoms with E-state index in [4.69, 9.17) is 0 Å². The minimum absolute atomic E-state index is 1.18. The first-order valence-corrected chi connectivity index (χ1v) is 4.61. The zero-order chi connectivity index (χ0) is 8.65. The normalized spacial score (nSPS) is 8.42. The molecule has 0 atom stereocenters. The van der Waals surface area contributed by atoms with Crippen LogP contribution in [0.25, 0.3) is 0 Å². The lowest BCUT2D eigenvalue weighted by Gasteiger charge is -1.80. The summed E-state index contributed by atoms with van der Waals surface area (Å²) < 4.78 is 1.18. The highest BCUT2D eigenvalue weighted by molar-refractivity contribution is 14.1. The van der Waals surface area contributed by atoms with Crippen molar-refractivity contribution in [2.75, 3.05) is 0 Å². The maximum absolute atomic E-state index is 3.88. The van der Waals surface area contributed by atoms with E-state index in [1.54, 1.807) is 6.20 Å². The van der Waals surface area contributed by atoms with Crippen LogP contribution in [0.3, 0.4) is 0 Å². The van der Waals surface area contributed by atoms with Crippen LogP contribution < -0.4 is 0 Å². The SMILES string of the molecule is Ic1cccnc1.c1cc[nH]c1.